The molecule has 0 saturated heterocycles. The minimum absolute atomic E-state index is 0.0397. The van der Waals surface area contributed by atoms with E-state index in [0.29, 0.717) is 19.0 Å². The predicted octanol–water partition coefficient (Wildman–Crippen LogP) is 3.95. The zero-order valence-electron chi connectivity index (χ0n) is 13.9. The van der Waals surface area contributed by atoms with Crippen LogP contribution in [-0.4, -0.2) is 24.4 Å². The minimum atomic E-state index is -0.0408. The third kappa shape index (κ3) is 5.34. The number of carbonyl (C=O) groups excluding carboxylic acids is 2. The zero-order chi connectivity index (χ0) is 16.8. The highest BCUT2D eigenvalue weighted by Crippen LogP contribution is 2.24. The first-order valence-corrected chi connectivity index (χ1v) is 9.10. The summed E-state index contributed by atoms with van der Waals surface area (Å²) in [6, 6.07) is 6.13. The normalized spacial score (nSPS) is 15.3. The molecule has 1 fully saturated rings. The van der Waals surface area contributed by atoms with Crippen molar-refractivity contribution in [2.75, 3.05) is 11.4 Å². The molecule has 0 aromatic heterocycles. The maximum Gasteiger partial charge on any atom is 0.223 e. The van der Waals surface area contributed by atoms with E-state index >= 15 is 0 Å². The van der Waals surface area contributed by atoms with Gasteiger partial charge in [-0.2, -0.15) is 0 Å². The maximum atomic E-state index is 12.2. The molecule has 1 saturated carbocycles. The molecule has 0 spiro atoms. The summed E-state index contributed by atoms with van der Waals surface area (Å²) in [4.78, 5) is 25.8. The number of benzene rings is 1. The predicted molar refractivity (Wildman–Crippen MR) is 96.5 cm³/mol. The molecular formula is C18H25BrN2O2. The topological polar surface area (TPSA) is 49.4 Å². The van der Waals surface area contributed by atoms with E-state index in [1.165, 1.54) is 19.3 Å². The minimum Gasteiger partial charge on any atom is -0.353 e. The van der Waals surface area contributed by atoms with E-state index in [9.17, 15) is 9.59 Å². The molecule has 23 heavy (non-hydrogen) atoms. The van der Waals surface area contributed by atoms with Gasteiger partial charge in [0.25, 0.3) is 0 Å². The third-order valence-electron chi connectivity index (χ3n) is 4.36. The lowest BCUT2D eigenvalue weighted by Crippen LogP contribution is -2.39. The van der Waals surface area contributed by atoms with Crippen LogP contribution >= 0.6 is 15.9 Å². The summed E-state index contributed by atoms with van der Waals surface area (Å²) in [6.45, 7) is 3.93. The van der Waals surface area contributed by atoms with Gasteiger partial charge in [-0.05, 0) is 43.5 Å². The van der Waals surface area contributed by atoms with Crippen molar-refractivity contribution in [1.82, 2.24) is 5.32 Å². The first-order chi connectivity index (χ1) is 11.0. The molecule has 0 atom stereocenters. The molecule has 2 rings (SSSR count). The number of nitrogens with one attached hydrogen (secondary N) is 1. The van der Waals surface area contributed by atoms with E-state index in [2.05, 4.69) is 21.2 Å². The molecule has 4 nitrogen and oxygen atoms in total. The van der Waals surface area contributed by atoms with Crippen LogP contribution in [0.1, 0.15) is 51.0 Å². The van der Waals surface area contributed by atoms with Gasteiger partial charge in [0.2, 0.25) is 11.8 Å². The number of anilines is 1. The molecule has 5 heteroatoms. The zero-order valence-corrected chi connectivity index (χ0v) is 15.5. The number of hydrogen-bond donors (Lipinski definition) is 1. The number of hydrogen-bond acceptors (Lipinski definition) is 2. The number of carbonyl (C=O) groups is 2. The molecule has 1 N–H and O–H groups in total. The van der Waals surface area contributed by atoms with Crippen LogP contribution in [0.25, 0.3) is 0 Å². The van der Waals surface area contributed by atoms with E-state index in [0.717, 1.165) is 28.6 Å². The van der Waals surface area contributed by atoms with Crippen molar-refractivity contribution in [2.45, 2.75) is 58.4 Å². The number of nitrogens with zero attached hydrogens (tertiary/aromatic N) is 1. The van der Waals surface area contributed by atoms with Gasteiger partial charge in [-0.3, -0.25) is 9.59 Å². The monoisotopic (exact) mass is 380 g/mol. The second kappa shape index (κ2) is 8.48. The van der Waals surface area contributed by atoms with Crippen LogP contribution < -0.4 is 10.2 Å². The lowest BCUT2D eigenvalue weighted by atomic mass is 9.95. The molecule has 1 aromatic rings. The highest BCUT2D eigenvalue weighted by Gasteiger charge is 2.18. The molecule has 2 amide bonds. The lowest BCUT2D eigenvalue weighted by Gasteiger charge is -2.25. The largest absolute Gasteiger partial charge is 0.353 e. The van der Waals surface area contributed by atoms with E-state index in [1.54, 1.807) is 11.8 Å². The van der Waals surface area contributed by atoms with E-state index in [-0.39, 0.29) is 11.8 Å². The van der Waals surface area contributed by atoms with Crippen molar-refractivity contribution < 1.29 is 9.59 Å². The van der Waals surface area contributed by atoms with Crippen molar-refractivity contribution >= 4 is 33.4 Å². The van der Waals surface area contributed by atoms with Gasteiger partial charge >= 0.3 is 0 Å². The molecule has 1 aromatic carbocycles. The van der Waals surface area contributed by atoms with Gasteiger partial charge in [-0.1, -0.05) is 35.2 Å². The molecule has 0 aliphatic heterocycles. The third-order valence-corrected chi connectivity index (χ3v) is 4.86. The van der Waals surface area contributed by atoms with E-state index in [4.69, 9.17) is 0 Å². The molecule has 0 bridgehead atoms. The fourth-order valence-corrected chi connectivity index (χ4v) is 3.60. The molecule has 1 aliphatic rings. The van der Waals surface area contributed by atoms with Gasteiger partial charge in [0, 0.05) is 36.1 Å². The van der Waals surface area contributed by atoms with Crippen molar-refractivity contribution in [2.24, 2.45) is 0 Å². The van der Waals surface area contributed by atoms with Crippen LogP contribution in [0.3, 0.4) is 0 Å². The summed E-state index contributed by atoms with van der Waals surface area (Å²) in [5.74, 6) is -0.00111. The van der Waals surface area contributed by atoms with Crippen LogP contribution in [0.4, 0.5) is 5.69 Å². The molecule has 1 aliphatic carbocycles. The Morgan fingerprint density at radius 1 is 1.26 bits per heavy atom. The van der Waals surface area contributed by atoms with Crippen LogP contribution in [0.5, 0.6) is 0 Å². The van der Waals surface area contributed by atoms with Gasteiger partial charge in [-0.25, -0.2) is 0 Å². The van der Waals surface area contributed by atoms with Crippen LogP contribution in [0.15, 0.2) is 22.7 Å². The van der Waals surface area contributed by atoms with Crippen LogP contribution in [0, 0.1) is 6.92 Å². The Labute approximate surface area is 146 Å². The maximum absolute atomic E-state index is 12.2. The van der Waals surface area contributed by atoms with Crippen molar-refractivity contribution in [3.8, 4) is 0 Å². The Bertz CT molecular complexity index is 568. The highest BCUT2D eigenvalue weighted by molar-refractivity contribution is 9.10. The summed E-state index contributed by atoms with van der Waals surface area (Å²) in [7, 11) is 0. The fourth-order valence-electron chi connectivity index (χ4n) is 3.13. The fraction of sp³-hybridized carbons (Fsp3) is 0.556. The molecular weight excluding hydrogens is 356 g/mol. The summed E-state index contributed by atoms with van der Waals surface area (Å²) in [5.41, 5.74) is 1.88. The number of halogens is 1. The van der Waals surface area contributed by atoms with E-state index < -0.39 is 0 Å². The molecule has 126 valence electrons. The second-order valence-electron chi connectivity index (χ2n) is 6.25. The Morgan fingerprint density at radius 3 is 2.57 bits per heavy atom. The van der Waals surface area contributed by atoms with Crippen molar-refractivity contribution in [1.29, 1.82) is 0 Å². The smallest absolute Gasteiger partial charge is 0.223 e. The van der Waals surface area contributed by atoms with Gasteiger partial charge < -0.3 is 10.2 Å². The quantitative estimate of drug-likeness (QED) is 0.840. The first kappa shape index (κ1) is 18.0. The Hall–Kier alpha value is -1.36. The second-order valence-corrected chi connectivity index (χ2v) is 7.17. The van der Waals surface area contributed by atoms with Gasteiger partial charge in [0.1, 0.15) is 0 Å². The number of rotatable bonds is 5. The molecule has 0 radical (unpaired) electrons. The summed E-state index contributed by atoms with van der Waals surface area (Å²) < 4.78 is 0.984. The van der Waals surface area contributed by atoms with Gasteiger partial charge in [-0.15, -0.1) is 0 Å². The Kier molecular flexibility index (Phi) is 6.63. The standard InChI is InChI=1S/C18H25BrN2O2/c1-13-12-15(19)8-9-17(13)21(14(2)22)11-10-18(23)20-16-6-4-3-5-7-16/h8-9,12,16H,3-7,10-11H2,1-2H3,(H,20,23). The molecule has 0 unspecified atom stereocenters. The Balaban J connectivity index is 1.94. The Morgan fingerprint density at radius 2 is 1.96 bits per heavy atom. The summed E-state index contributed by atoms with van der Waals surface area (Å²) in [6.07, 6.45) is 6.16. The summed E-state index contributed by atoms with van der Waals surface area (Å²) >= 11 is 3.43. The SMILES string of the molecule is CC(=O)N(CCC(=O)NC1CCCCC1)c1ccc(Br)cc1C. The van der Waals surface area contributed by atoms with Gasteiger partial charge in [0.15, 0.2) is 0 Å². The van der Waals surface area contributed by atoms with Crippen molar-refractivity contribution in [3.05, 3.63) is 28.2 Å². The highest BCUT2D eigenvalue weighted by atomic mass is 79.9. The van der Waals surface area contributed by atoms with Crippen molar-refractivity contribution in [3.63, 3.8) is 0 Å². The number of amides is 2. The number of aryl methyl sites for hydroxylation is 1. The molecule has 0 heterocycles. The lowest BCUT2D eigenvalue weighted by molar-refractivity contribution is -0.121. The van der Waals surface area contributed by atoms with E-state index in [1.807, 2.05) is 25.1 Å². The average Bonchev–Trinajstić information content (AvgIpc) is 2.50. The average molecular weight is 381 g/mol. The van der Waals surface area contributed by atoms with Crippen LogP contribution in [0.2, 0.25) is 0 Å². The van der Waals surface area contributed by atoms with Gasteiger partial charge in [0.05, 0.1) is 0 Å². The summed E-state index contributed by atoms with van der Waals surface area (Å²) in [5, 5.41) is 3.10. The first-order valence-electron chi connectivity index (χ1n) is 8.31. The van der Waals surface area contributed by atoms with Crippen LogP contribution in [-0.2, 0) is 9.59 Å².